The Balaban J connectivity index is 0. The number of carbonyl (C=O) groups is 1. The van der Waals surface area contributed by atoms with E-state index in [1.165, 1.54) is 0 Å². The smallest absolute Gasteiger partial charge is 0.308 e. The predicted octanol–water partition coefficient (Wildman–Crippen LogP) is 2.14. The zero-order valence-electron chi connectivity index (χ0n) is 9.51. The molecule has 2 N–H and O–H groups in total. The maximum Gasteiger partial charge on any atom is 0.308 e. The lowest BCUT2D eigenvalue weighted by Crippen LogP contribution is -2.18. The molecule has 0 radical (unpaired) electrons. The number of aliphatic carboxylic acids is 1. The van der Waals surface area contributed by atoms with Gasteiger partial charge in [-0.1, -0.05) is 20.8 Å². The highest BCUT2D eigenvalue weighted by Crippen LogP contribution is 2.11. The number of carboxylic acids is 1. The molecule has 0 unspecified atom stereocenters. The van der Waals surface area contributed by atoms with Crippen molar-refractivity contribution < 1.29 is 15.0 Å². The molecule has 0 heterocycles. The Morgan fingerprint density at radius 2 is 1.23 bits per heavy atom. The molecule has 0 saturated heterocycles. The lowest BCUT2D eigenvalue weighted by molar-refractivity contribution is -0.145. The topological polar surface area (TPSA) is 57.5 Å². The Bertz CT molecular complexity index is 149. The Morgan fingerprint density at radius 3 is 1.23 bits per heavy atom. The molecule has 0 saturated carbocycles. The summed E-state index contributed by atoms with van der Waals surface area (Å²) >= 11 is 0. The van der Waals surface area contributed by atoms with Crippen molar-refractivity contribution in [3.05, 3.63) is 0 Å². The maximum absolute atomic E-state index is 10.0. The van der Waals surface area contributed by atoms with Crippen LogP contribution in [0.1, 0.15) is 41.5 Å². The zero-order chi connectivity index (χ0) is 11.3. The highest BCUT2D eigenvalue weighted by molar-refractivity contribution is 5.72. The quantitative estimate of drug-likeness (QED) is 0.615. The molecule has 0 atom stereocenters. The molecule has 0 aromatic heterocycles. The van der Waals surface area contributed by atoms with Crippen LogP contribution in [0.5, 0.6) is 0 Å². The fourth-order valence-corrected chi connectivity index (χ4v) is 0. The molecule has 13 heavy (non-hydrogen) atoms. The summed E-state index contributed by atoms with van der Waals surface area (Å²) in [5.41, 5.74) is -0.486. The average Bonchev–Trinajstić information content (AvgIpc) is 1.85. The Kier molecular flexibility index (Phi) is 6.00. The molecule has 0 fully saturated rings. The number of rotatable bonds is 0. The van der Waals surface area contributed by atoms with Crippen molar-refractivity contribution in [2.24, 2.45) is 10.8 Å². The van der Waals surface area contributed by atoms with E-state index >= 15 is 0 Å². The molecule has 80 valence electrons. The SMILES string of the molecule is CC(C)(C)C(=O)O.CC(C)(C)CO. The van der Waals surface area contributed by atoms with E-state index in [-0.39, 0.29) is 12.0 Å². The average molecular weight is 190 g/mol. The Morgan fingerprint density at radius 1 is 1.08 bits per heavy atom. The third-order valence-corrected chi connectivity index (χ3v) is 1.12. The molecule has 0 spiro atoms. The van der Waals surface area contributed by atoms with Crippen molar-refractivity contribution in [2.75, 3.05) is 6.61 Å². The van der Waals surface area contributed by atoms with Crippen molar-refractivity contribution in [3.63, 3.8) is 0 Å². The summed E-state index contributed by atoms with van der Waals surface area (Å²) in [6.45, 7) is 11.2. The second kappa shape index (κ2) is 5.22. The van der Waals surface area contributed by atoms with Gasteiger partial charge in [0.05, 0.1) is 5.41 Å². The highest BCUT2D eigenvalue weighted by Gasteiger charge is 2.18. The van der Waals surface area contributed by atoms with E-state index in [4.69, 9.17) is 10.2 Å². The van der Waals surface area contributed by atoms with Gasteiger partial charge < -0.3 is 10.2 Å². The first kappa shape index (κ1) is 14.9. The van der Waals surface area contributed by atoms with Gasteiger partial charge in [-0.15, -0.1) is 0 Å². The summed E-state index contributed by atoms with van der Waals surface area (Å²) < 4.78 is 0. The van der Waals surface area contributed by atoms with E-state index < -0.39 is 11.4 Å². The van der Waals surface area contributed by atoms with Gasteiger partial charge in [0.25, 0.3) is 0 Å². The molecule has 3 nitrogen and oxygen atoms in total. The van der Waals surface area contributed by atoms with E-state index in [9.17, 15) is 4.79 Å². The lowest BCUT2D eigenvalue weighted by atomic mass is 9.98. The largest absolute Gasteiger partial charge is 0.481 e. The number of carboxylic acid groups (broad SMARTS) is 1. The van der Waals surface area contributed by atoms with Crippen LogP contribution >= 0.6 is 0 Å². The predicted molar refractivity (Wildman–Crippen MR) is 53.6 cm³/mol. The van der Waals surface area contributed by atoms with E-state index in [0.29, 0.717) is 0 Å². The second-order valence-corrected chi connectivity index (χ2v) is 5.27. The normalized spacial score (nSPS) is 11.6. The molecule has 0 aliphatic carbocycles. The van der Waals surface area contributed by atoms with Gasteiger partial charge in [-0.3, -0.25) is 4.79 Å². The third kappa shape index (κ3) is 14.3. The molecule has 0 aliphatic rings. The molecule has 0 rings (SSSR count). The monoisotopic (exact) mass is 190 g/mol. The molecule has 0 aliphatic heterocycles. The molecule has 0 amide bonds. The molecule has 3 heteroatoms. The first-order valence-electron chi connectivity index (χ1n) is 4.35. The van der Waals surface area contributed by atoms with Crippen LogP contribution in [0, 0.1) is 10.8 Å². The van der Waals surface area contributed by atoms with Crippen molar-refractivity contribution in [3.8, 4) is 0 Å². The number of aliphatic hydroxyl groups excluding tert-OH is 1. The van der Waals surface area contributed by atoms with Crippen molar-refractivity contribution in [1.82, 2.24) is 0 Å². The number of aliphatic hydroxyl groups is 1. The second-order valence-electron chi connectivity index (χ2n) is 5.27. The molecule has 0 aromatic carbocycles. The minimum Gasteiger partial charge on any atom is -0.481 e. The van der Waals surface area contributed by atoms with Crippen LogP contribution in [-0.2, 0) is 4.79 Å². The van der Waals surface area contributed by atoms with E-state index in [0.717, 1.165) is 0 Å². The standard InChI is InChI=1S/C5H10O2.C5H12O/c1-5(2,3)4(6)7;1-5(2,3)4-6/h1-3H3,(H,6,7);6H,4H2,1-3H3. The van der Waals surface area contributed by atoms with Crippen LogP contribution in [0.25, 0.3) is 0 Å². The zero-order valence-corrected chi connectivity index (χ0v) is 9.51. The molecular weight excluding hydrogens is 168 g/mol. The maximum atomic E-state index is 10.0. The van der Waals surface area contributed by atoms with Gasteiger partial charge in [0.2, 0.25) is 0 Å². The van der Waals surface area contributed by atoms with Crippen molar-refractivity contribution >= 4 is 5.97 Å². The Hall–Kier alpha value is -0.570. The van der Waals surface area contributed by atoms with E-state index in [1.807, 2.05) is 20.8 Å². The van der Waals surface area contributed by atoms with Crippen molar-refractivity contribution in [1.29, 1.82) is 0 Å². The summed E-state index contributed by atoms with van der Waals surface area (Å²) in [6, 6.07) is 0. The van der Waals surface area contributed by atoms with Crippen LogP contribution in [0.2, 0.25) is 0 Å². The van der Waals surface area contributed by atoms with Gasteiger partial charge in [-0.05, 0) is 26.2 Å². The fourth-order valence-electron chi connectivity index (χ4n) is 0. The first-order valence-corrected chi connectivity index (χ1v) is 4.35. The summed E-state index contributed by atoms with van der Waals surface area (Å²) in [5, 5.41) is 16.7. The van der Waals surface area contributed by atoms with E-state index in [2.05, 4.69) is 0 Å². The summed E-state index contributed by atoms with van der Waals surface area (Å²) in [5.74, 6) is -0.757. The van der Waals surface area contributed by atoms with Gasteiger partial charge >= 0.3 is 5.97 Å². The van der Waals surface area contributed by atoms with Gasteiger partial charge in [-0.2, -0.15) is 0 Å². The number of hydrogen-bond donors (Lipinski definition) is 2. The Labute approximate surface area is 80.8 Å². The van der Waals surface area contributed by atoms with Crippen LogP contribution in [0.3, 0.4) is 0 Å². The van der Waals surface area contributed by atoms with Crippen LogP contribution in [-0.4, -0.2) is 22.8 Å². The van der Waals surface area contributed by atoms with Crippen molar-refractivity contribution in [2.45, 2.75) is 41.5 Å². The van der Waals surface area contributed by atoms with Crippen LogP contribution < -0.4 is 0 Å². The van der Waals surface area contributed by atoms with Gasteiger partial charge in [0, 0.05) is 6.61 Å². The fraction of sp³-hybridized carbons (Fsp3) is 0.900. The molecule has 0 bridgehead atoms. The highest BCUT2D eigenvalue weighted by atomic mass is 16.4. The lowest BCUT2D eigenvalue weighted by Gasteiger charge is -2.11. The summed E-state index contributed by atoms with van der Waals surface area (Å²) in [6.07, 6.45) is 0. The van der Waals surface area contributed by atoms with Gasteiger partial charge in [0.1, 0.15) is 0 Å². The molecule has 0 aromatic rings. The van der Waals surface area contributed by atoms with Gasteiger partial charge in [-0.25, -0.2) is 0 Å². The minimum atomic E-state index is -0.757. The molecular formula is C10H22O3. The van der Waals surface area contributed by atoms with Gasteiger partial charge in [0.15, 0.2) is 0 Å². The van der Waals surface area contributed by atoms with Crippen LogP contribution in [0.15, 0.2) is 0 Å². The first-order chi connectivity index (χ1) is 5.50. The summed E-state index contributed by atoms with van der Waals surface area (Å²) in [7, 11) is 0. The van der Waals surface area contributed by atoms with Crippen LogP contribution in [0.4, 0.5) is 0 Å². The number of hydrogen-bond acceptors (Lipinski definition) is 2. The minimum absolute atomic E-state index is 0.0972. The van der Waals surface area contributed by atoms with E-state index in [1.54, 1.807) is 20.8 Å². The summed E-state index contributed by atoms with van der Waals surface area (Å²) in [4.78, 5) is 10.0. The third-order valence-electron chi connectivity index (χ3n) is 1.12.